The lowest BCUT2D eigenvalue weighted by atomic mass is 10.1. The molecule has 5 aromatic rings. The lowest BCUT2D eigenvalue weighted by Gasteiger charge is -2.12. The Hall–Kier alpha value is -4.50. The molecular formula is C28H23N5O3S. The molecule has 5 rings (SSSR count). The van der Waals surface area contributed by atoms with Crippen LogP contribution in [-0.4, -0.2) is 25.6 Å². The number of carbonyl (C=O) groups excluding carboxylic acids is 1. The molecule has 0 spiro atoms. The predicted molar refractivity (Wildman–Crippen MR) is 144 cm³/mol. The lowest BCUT2D eigenvalue weighted by Crippen LogP contribution is -2.24. The Kier molecular flexibility index (Phi) is 6.96. The molecule has 0 unspecified atom stereocenters. The smallest absolute Gasteiger partial charge is 0.269 e. The normalized spacial score (nSPS) is 10.9. The monoisotopic (exact) mass is 509 g/mol. The number of rotatable bonds is 8. The van der Waals surface area contributed by atoms with Gasteiger partial charge in [-0.2, -0.15) is 0 Å². The van der Waals surface area contributed by atoms with Crippen molar-refractivity contribution in [2.45, 2.75) is 24.4 Å². The summed E-state index contributed by atoms with van der Waals surface area (Å²) in [5, 5.41) is 25.5. The largest absolute Gasteiger partial charge is 0.345 e. The fourth-order valence-corrected chi connectivity index (χ4v) is 5.04. The molecule has 0 bridgehead atoms. The summed E-state index contributed by atoms with van der Waals surface area (Å²) in [5.41, 5.74) is 3.58. The Morgan fingerprint density at radius 3 is 2.43 bits per heavy atom. The number of nitrogens with one attached hydrogen (secondary N) is 1. The van der Waals surface area contributed by atoms with Crippen molar-refractivity contribution in [3.8, 4) is 5.69 Å². The van der Waals surface area contributed by atoms with Gasteiger partial charge in [0.15, 0.2) is 11.0 Å². The summed E-state index contributed by atoms with van der Waals surface area (Å²) in [5.74, 6) is 0.981. The van der Waals surface area contributed by atoms with Crippen LogP contribution in [0.1, 0.15) is 27.3 Å². The maximum Gasteiger partial charge on any atom is 0.269 e. The van der Waals surface area contributed by atoms with Gasteiger partial charge in [0.1, 0.15) is 0 Å². The van der Waals surface area contributed by atoms with E-state index >= 15 is 0 Å². The SMILES string of the molecule is Cc1ccccc1CSc1nnc(CNC(=O)c2ccc3ccccc3c2)n1-c1ccc([N+](=O)[O-])cc1. The van der Waals surface area contributed by atoms with Crippen LogP contribution in [0.3, 0.4) is 0 Å². The van der Waals surface area contributed by atoms with Crippen LogP contribution in [0.15, 0.2) is 96.2 Å². The molecule has 1 aromatic heterocycles. The van der Waals surface area contributed by atoms with E-state index in [9.17, 15) is 14.9 Å². The topological polar surface area (TPSA) is 103 Å². The van der Waals surface area contributed by atoms with Crippen molar-refractivity contribution in [2.24, 2.45) is 0 Å². The van der Waals surface area contributed by atoms with Crippen molar-refractivity contribution in [3.63, 3.8) is 0 Å². The number of nitrogens with zero attached hydrogens (tertiary/aromatic N) is 4. The highest BCUT2D eigenvalue weighted by molar-refractivity contribution is 7.98. The van der Waals surface area contributed by atoms with E-state index in [1.54, 1.807) is 18.2 Å². The molecule has 0 fully saturated rings. The Morgan fingerprint density at radius 1 is 0.946 bits per heavy atom. The summed E-state index contributed by atoms with van der Waals surface area (Å²) in [6.07, 6.45) is 0. The van der Waals surface area contributed by atoms with Crippen molar-refractivity contribution in [1.29, 1.82) is 0 Å². The molecule has 0 saturated heterocycles. The first-order valence-electron chi connectivity index (χ1n) is 11.6. The van der Waals surface area contributed by atoms with Gasteiger partial charge in [0.25, 0.3) is 11.6 Å². The number of carbonyl (C=O) groups is 1. The molecule has 0 saturated carbocycles. The highest BCUT2D eigenvalue weighted by Crippen LogP contribution is 2.27. The van der Waals surface area contributed by atoms with Crippen LogP contribution in [-0.2, 0) is 12.3 Å². The number of non-ortho nitro benzene ring substituents is 1. The molecule has 0 atom stereocenters. The van der Waals surface area contributed by atoms with Crippen molar-refractivity contribution in [2.75, 3.05) is 0 Å². The van der Waals surface area contributed by atoms with Gasteiger partial charge in [0, 0.05) is 29.1 Å². The van der Waals surface area contributed by atoms with Crippen LogP contribution < -0.4 is 5.32 Å². The molecule has 1 heterocycles. The van der Waals surface area contributed by atoms with E-state index < -0.39 is 4.92 Å². The zero-order chi connectivity index (χ0) is 25.8. The number of thioether (sulfide) groups is 1. The van der Waals surface area contributed by atoms with Gasteiger partial charge in [-0.3, -0.25) is 19.5 Å². The van der Waals surface area contributed by atoms with E-state index in [4.69, 9.17) is 0 Å². The first kappa shape index (κ1) is 24.2. The van der Waals surface area contributed by atoms with Gasteiger partial charge in [-0.25, -0.2) is 0 Å². The predicted octanol–water partition coefficient (Wildman–Crippen LogP) is 5.86. The third-order valence-electron chi connectivity index (χ3n) is 6.06. The minimum Gasteiger partial charge on any atom is -0.345 e. The maximum atomic E-state index is 12.9. The third-order valence-corrected chi connectivity index (χ3v) is 7.03. The average molecular weight is 510 g/mol. The van der Waals surface area contributed by atoms with Crippen LogP contribution in [0.25, 0.3) is 16.5 Å². The zero-order valence-electron chi connectivity index (χ0n) is 20.0. The highest BCUT2D eigenvalue weighted by Gasteiger charge is 2.17. The minimum atomic E-state index is -0.436. The van der Waals surface area contributed by atoms with Crippen LogP contribution in [0, 0.1) is 17.0 Å². The van der Waals surface area contributed by atoms with E-state index in [0.717, 1.165) is 10.8 Å². The zero-order valence-corrected chi connectivity index (χ0v) is 20.8. The Labute approximate surface area is 217 Å². The standard InChI is InChI=1S/C28H23N5O3S/c1-19-6-2-3-9-23(19)18-37-28-31-30-26(32(28)24-12-14-25(15-13-24)33(35)36)17-29-27(34)22-11-10-20-7-4-5-8-21(20)16-22/h2-16H,17-18H2,1H3,(H,29,34). The van der Waals surface area contributed by atoms with E-state index in [0.29, 0.717) is 28.0 Å². The number of benzene rings is 4. The molecule has 184 valence electrons. The van der Waals surface area contributed by atoms with Crippen LogP contribution in [0.5, 0.6) is 0 Å². The van der Waals surface area contributed by atoms with Crippen LogP contribution in [0.4, 0.5) is 5.69 Å². The molecule has 0 aliphatic heterocycles. The molecule has 1 N–H and O–H groups in total. The van der Waals surface area contributed by atoms with Crippen molar-refractivity contribution in [3.05, 3.63) is 124 Å². The lowest BCUT2D eigenvalue weighted by molar-refractivity contribution is -0.384. The van der Waals surface area contributed by atoms with Gasteiger partial charge < -0.3 is 5.32 Å². The summed E-state index contributed by atoms with van der Waals surface area (Å²) in [6, 6.07) is 27.8. The number of hydrogen-bond acceptors (Lipinski definition) is 6. The van der Waals surface area contributed by atoms with Crippen molar-refractivity contribution >= 4 is 34.1 Å². The van der Waals surface area contributed by atoms with Crippen molar-refractivity contribution < 1.29 is 9.72 Å². The summed E-state index contributed by atoms with van der Waals surface area (Å²) in [7, 11) is 0. The fourth-order valence-electron chi connectivity index (χ4n) is 4.00. The number of nitro benzene ring substituents is 1. The van der Waals surface area contributed by atoms with Crippen LogP contribution in [0.2, 0.25) is 0 Å². The molecule has 9 heteroatoms. The van der Waals surface area contributed by atoms with E-state index in [-0.39, 0.29) is 18.1 Å². The molecular weight excluding hydrogens is 486 g/mol. The van der Waals surface area contributed by atoms with Gasteiger partial charge in [-0.15, -0.1) is 10.2 Å². The van der Waals surface area contributed by atoms with Crippen molar-refractivity contribution in [1.82, 2.24) is 20.1 Å². The number of nitro groups is 1. The number of hydrogen-bond donors (Lipinski definition) is 1. The first-order valence-corrected chi connectivity index (χ1v) is 12.6. The van der Waals surface area contributed by atoms with Crippen LogP contribution >= 0.6 is 11.8 Å². The molecule has 1 amide bonds. The fraction of sp³-hybridized carbons (Fsp3) is 0.107. The van der Waals surface area contributed by atoms with Gasteiger partial charge in [-0.1, -0.05) is 66.4 Å². The summed E-state index contributed by atoms with van der Waals surface area (Å²) < 4.78 is 1.83. The van der Waals surface area contributed by atoms with Gasteiger partial charge in [-0.05, 0) is 53.1 Å². The molecule has 0 radical (unpaired) electrons. The van der Waals surface area contributed by atoms with Gasteiger partial charge in [0.2, 0.25) is 0 Å². The number of aromatic nitrogens is 3. The second kappa shape index (κ2) is 10.6. The molecule has 4 aromatic carbocycles. The number of fused-ring (bicyclic) bond motifs is 1. The third kappa shape index (κ3) is 5.36. The maximum absolute atomic E-state index is 12.9. The molecule has 0 aliphatic carbocycles. The highest BCUT2D eigenvalue weighted by atomic mass is 32.2. The van der Waals surface area contributed by atoms with E-state index in [1.165, 1.54) is 35.0 Å². The summed E-state index contributed by atoms with van der Waals surface area (Å²) in [6.45, 7) is 2.20. The molecule has 37 heavy (non-hydrogen) atoms. The Balaban J connectivity index is 1.40. The first-order chi connectivity index (χ1) is 18.0. The summed E-state index contributed by atoms with van der Waals surface area (Å²) in [4.78, 5) is 23.6. The molecule has 0 aliphatic rings. The second-order valence-corrected chi connectivity index (χ2v) is 9.41. The van der Waals surface area contributed by atoms with E-state index in [1.807, 2.05) is 53.1 Å². The van der Waals surface area contributed by atoms with Gasteiger partial charge >= 0.3 is 0 Å². The Bertz CT molecular complexity index is 1600. The Morgan fingerprint density at radius 2 is 1.68 bits per heavy atom. The second-order valence-electron chi connectivity index (χ2n) is 8.47. The number of amides is 1. The summed E-state index contributed by atoms with van der Waals surface area (Å²) >= 11 is 1.52. The molecule has 8 nitrogen and oxygen atoms in total. The average Bonchev–Trinajstić information content (AvgIpc) is 3.33. The number of aryl methyl sites for hydroxylation is 1. The van der Waals surface area contributed by atoms with E-state index in [2.05, 4.69) is 34.6 Å². The minimum absolute atomic E-state index is 0.00269. The quantitative estimate of drug-likeness (QED) is 0.160. The van der Waals surface area contributed by atoms with Gasteiger partial charge in [0.05, 0.1) is 11.5 Å².